The van der Waals surface area contributed by atoms with E-state index in [4.69, 9.17) is 34.8 Å². The first kappa shape index (κ1) is 17.9. The summed E-state index contributed by atoms with van der Waals surface area (Å²) in [6.07, 6.45) is 3.17. The molecule has 0 atom stereocenters. The summed E-state index contributed by atoms with van der Waals surface area (Å²) in [5.41, 5.74) is 2.55. The lowest BCUT2D eigenvalue weighted by molar-refractivity contribution is -0.111. The molecule has 0 heterocycles. The van der Waals surface area contributed by atoms with Crippen LogP contribution < -0.4 is 5.32 Å². The minimum absolute atomic E-state index is 0.297. The molecular formula is C18H16Cl3NO. The molecule has 0 radical (unpaired) electrons. The molecule has 0 spiro atoms. The Balaban J connectivity index is 2.07. The Morgan fingerprint density at radius 3 is 2.13 bits per heavy atom. The number of rotatable bonds is 4. The molecule has 0 fully saturated rings. The summed E-state index contributed by atoms with van der Waals surface area (Å²) in [5, 5.41) is 3.67. The van der Waals surface area contributed by atoms with Crippen LogP contribution in [0.5, 0.6) is 0 Å². The predicted octanol–water partition coefficient (Wildman–Crippen LogP) is 6.42. The molecule has 2 nitrogen and oxygen atoms in total. The summed E-state index contributed by atoms with van der Waals surface area (Å²) in [7, 11) is 0. The number of anilines is 1. The molecule has 23 heavy (non-hydrogen) atoms. The van der Waals surface area contributed by atoms with E-state index in [9.17, 15) is 4.79 Å². The maximum absolute atomic E-state index is 12.0. The lowest BCUT2D eigenvalue weighted by Gasteiger charge is -2.08. The molecule has 0 aliphatic rings. The van der Waals surface area contributed by atoms with Gasteiger partial charge < -0.3 is 5.32 Å². The van der Waals surface area contributed by atoms with Crippen molar-refractivity contribution in [1.29, 1.82) is 0 Å². The number of hydrogen-bond donors (Lipinski definition) is 1. The molecule has 2 aromatic rings. The van der Waals surface area contributed by atoms with E-state index < -0.39 is 0 Å². The average Bonchev–Trinajstić information content (AvgIpc) is 2.49. The fourth-order valence-electron chi connectivity index (χ4n) is 1.99. The van der Waals surface area contributed by atoms with Crippen LogP contribution in [-0.2, 0) is 4.79 Å². The number of nitrogens with one attached hydrogen (secondary N) is 1. The summed E-state index contributed by atoms with van der Waals surface area (Å²) < 4.78 is 0. The standard InChI is InChI=1S/C18H16Cl3NO/c1-11(2)13-6-3-12(4-7-13)5-8-17(23)22-18-15(20)9-14(19)10-16(18)21/h3-11H,1-2H3,(H,22,23)/b8-5+. The van der Waals surface area contributed by atoms with Gasteiger partial charge in [0.2, 0.25) is 5.91 Å². The lowest BCUT2D eigenvalue weighted by Crippen LogP contribution is -2.08. The van der Waals surface area contributed by atoms with Gasteiger partial charge in [0, 0.05) is 11.1 Å². The van der Waals surface area contributed by atoms with Crippen molar-refractivity contribution in [2.45, 2.75) is 19.8 Å². The first-order valence-corrected chi connectivity index (χ1v) is 8.24. The molecule has 1 amide bonds. The minimum Gasteiger partial charge on any atom is -0.320 e. The molecule has 0 saturated heterocycles. The van der Waals surface area contributed by atoms with Gasteiger partial charge in [0.05, 0.1) is 15.7 Å². The highest BCUT2D eigenvalue weighted by Crippen LogP contribution is 2.33. The second kappa shape index (κ2) is 7.87. The highest BCUT2D eigenvalue weighted by molar-refractivity contribution is 6.42. The van der Waals surface area contributed by atoms with Crippen LogP contribution >= 0.6 is 34.8 Å². The summed E-state index contributed by atoms with van der Waals surface area (Å²) in [4.78, 5) is 12.0. The van der Waals surface area contributed by atoms with Gasteiger partial charge in [0.25, 0.3) is 0 Å². The summed E-state index contributed by atoms with van der Waals surface area (Å²) in [6.45, 7) is 4.27. The molecule has 0 aliphatic heterocycles. The number of halogens is 3. The molecule has 0 aliphatic carbocycles. The smallest absolute Gasteiger partial charge is 0.248 e. The van der Waals surface area contributed by atoms with Gasteiger partial charge in [0.15, 0.2) is 0 Å². The van der Waals surface area contributed by atoms with Crippen molar-refractivity contribution in [1.82, 2.24) is 0 Å². The first-order chi connectivity index (χ1) is 10.9. The quantitative estimate of drug-likeness (QED) is 0.620. The first-order valence-electron chi connectivity index (χ1n) is 7.10. The van der Waals surface area contributed by atoms with E-state index >= 15 is 0 Å². The number of carbonyl (C=O) groups excluding carboxylic acids is 1. The van der Waals surface area contributed by atoms with Crippen molar-refractivity contribution in [2.75, 3.05) is 5.32 Å². The van der Waals surface area contributed by atoms with Crippen LogP contribution in [0, 0.1) is 0 Å². The number of amides is 1. The van der Waals surface area contributed by atoms with Crippen LogP contribution in [0.15, 0.2) is 42.5 Å². The van der Waals surface area contributed by atoms with Gasteiger partial charge in [-0.15, -0.1) is 0 Å². The highest BCUT2D eigenvalue weighted by Gasteiger charge is 2.09. The molecule has 2 rings (SSSR count). The summed E-state index contributed by atoms with van der Waals surface area (Å²) in [6, 6.07) is 11.1. The van der Waals surface area contributed by atoms with E-state index in [-0.39, 0.29) is 5.91 Å². The molecule has 5 heteroatoms. The van der Waals surface area contributed by atoms with Gasteiger partial charge in [0.1, 0.15) is 0 Å². The Morgan fingerprint density at radius 1 is 1.04 bits per heavy atom. The Morgan fingerprint density at radius 2 is 1.61 bits per heavy atom. The van der Waals surface area contributed by atoms with Crippen LogP contribution in [0.2, 0.25) is 15.1 Å². The second-order valence-electron chi connectivity index (χ2n) is 5.39. The van der Waals surface area contributed by atoms with E-state index in [1.54, 1.807) is 6.08 Å². The van der Waals surface area contributed by atoms with Gasteiger partial charge in [-0.2, -0.15) is 0 Å². The Labute approximate surface area is 151 Å². The molecule has 120 valence electrons. The second-order valence-corrected chi connectivity index (χ2v) is 6.64. The van der Waals surface area contributed by atoms with Crippen molar-refractivity contribution in [3.05, 3.63) is 68.7 Å². The average molecular weight is 369 g/mol. The topological polar surface area (TPSA) is 29.1 Å². The van der Waals surface area contributed by atoms with Crippen molar-refractivity contribution in [3.63, 3.8) is 0 Å². The van der Waals surface area contributed by atoms with Crippen LogP contribution in [0.25, 0.3) is 6.08 Å². The summed E-state index contributed by atoms with van der Waals surface area (Å²) >= 11 is 17.9. The zero-order chi connectivity index (χ0) is 17.0. The molecule has 1 N–H and O–H groups in total. The molecule has 2 aromatic carbocycles. The normalized spacial score (nSPS) is 11.2. The summed E-state index contributed by atoms with van der Waals surface area (Å²) in [5.74, 6) is 0.162. The van der Waals surface area contributed by atoms with Crippen LogP contribution in [0.1, 0.15) is 30.9 Å². The van der Waals surface area contributed by atoms with Crippen LogP contribution in [0.3, 0.4) is 0 Å². The molecule has 0 bridgehead atoms. The van der Waals surface area contributed by atoms with Crippen molar-refractivity contribution < 1.29 is 4.79 Å². The van der Waals surface area contributed by atoms with Crippen molar-refractivity contribution in [3.8, 4) is 0 Å². The Kier molecular flexibility index (Phi) is 6.11. The third-order valence-corrected chi connectivity index (χ3v) is 4.10. The van der Waals surface area contributed by atoms with Crippen LogP contribution in [0.4, 0.5) is 5.69 Å². The van der Waals surface area contributed by atoms with Gasteiger partial charge in [-0.3, -0.25) is 4.79 Å². The Hall–Kier alpha value is -1.48. The van der Waals surface area contributed by atoms with E-state index in [1.807, 2.05) is 12.1 Å². The minimum atomic E-state index is -0.316. The number of carbonyl (C=O) groups is 1. The fraction of sp³-hybridized carbons (Fsp3) is 0.167. The highest BCUT2D eigenvalue weighted by atomic mass is 35.5. The van der Waals surface area contributed by atoms with E-state index in [1.165, 1.54) is 23.8 Å². The molecule has 0 unspecified atom stereocenters. The largest absolute Gasteiger partial charge is 0.320 e. The SMILES string of the molecule is CC(C)c1ccc(/C=C/C(=O)Nc2c(Cl)cc(Cl)cc2Cl)cc1. The fourth-order valence-corrected chi connectivity index (χ4v) is 2.90. The molecular weight excluding hydrogens is 353 g/mol. The monoisotopic (exact) mass is 367 g/mol. The maximum Gasteiger partial charge on any atom is 0.248 e. The van der Waals surface area contributed by atoms with E-state index in [2.05, 4.69) is 31.3 Å². The van der Waals surface area contributed by atoms with Gasteiger partial charge in [-0.1, -0.05) is 72.9 Å². The predicted molar refractivity (Wildman–Crippen MR) is 99.7 cm³/mol. The zero-order valence-corrected chi connectivity index (χ0v) is 15.0. The zero-order valence-electron chi connectivity index (χ0n) is 12.7. The number of benzene rings is 2. The van der Waals surface area contributed by atoms with Gasteiger partial charge in [-0.25, -0.2) is 0 Å². The van der Waals surface area contributed by atoms with E-state index in [0.717, 1.165) is 5.56 Å². The molecule has 0 aromatic heterocycles. The van der Waals surface area contributed by atoms with Crippen molar-refractivity contribution in [2.24, 2.45) is 0 Å². The third-order valence-electron chi connectivity index (χ3n) is 3.29. The van der Waals surface area contributed by atoms with Gasteiger partial charge >= 0.3 is 0 Å². The third kappa shape index (κ3) is 5.00. The molecule has 0 saturated carbocycles. The lowest BCUT2D eigenvalue weighted by atomic mass is 10.0. The Bertz CT molecular complexity index is 713. The number of hydrogen-bond acceptors (Lipinski definition) is 1. The maximum atomic E-state index is 12.0. The van der Waals surface area contributed by atoms with Crippen LogP contribution in [-0.4, -0.2) is 5.91 Å². The van der Waals surface area contributed by atoms with E-state index in [0.29, 0.717) is 26.7 Å². The van der Waals surface area contributed by atoms with Crippen molar-refractivity contribution >= 4 is 52.5 Å². The van der Waals surface area contributed by atoms with Gasteiger partial charge in [-0.05, 0) is 35.3 Å².